The van der Waals surface area contributed by atoms with Crippen molar-refractivity contribution >= 4 is 0 Å². The summed E-state index contributed by atoms with van der Waals surface area (Å²) in [4.78, 5) is 0. The minimum absolute atomic E-state index is 0.124. The standard InChI is InChI=1S/C16H24O2/c1-10-7-11(2)13(14(18-6)12(10)3)16(9-17)8-15(16,4)5/h7,17H,8-9H2,1-6H3. The lowest BCUT2D eigenvalue weighted by Gasteiger charge is -2.25. The van der Waals surface area contributed by atoms with Crippen LogP contribution in [-0.2, 0) is 5.41 Å². The van der Waals surface area contributed by atoms with Gasteiger partial charge in [0.15, 0.2) is 0 Å². The summed E-state index contributed by atoms with van der Waals surface area (Å²) in [6.07, 6.45) is 1.02. The first-order valence-electron chi connectivity index (χ1n) is 6.57. The molecular formula is C16H24O2. The summed E-state index contributed by atoms with van der Waals surface area (Å²) in [6, 6.07) is 2.21. The zero-order valence-corrected chi connectivity index (χ0v) is 12.3. The highest BCUT2D eigenvalue weighted by atomic mass is 16.5. The number of hydrogen-bond acceptors (Lipinski definition) is 2. The topological polar surface area (TPSA) is 29.5 Å². The molecule has 0 aliphatic heterocycles. The first kappa shape index (κ1) is 13.4. The molecule has 0 heterocycles. The number of benzene rings is 1. The van der Waals surface area contributed by atoms with E-state index >= 15 is 0 Å². The molecule has 0 saturated heterocycles. The summed E-state index contributed by atoms with van der Waals surface area (Å²) in [7, 11) is 1.73. The number of hydrogen-bond donors (Lipinski definition) is 1. The quantitative estimate of drug-likeness (QED) is 0.889. The maximum atomic E-state index is 9.89. The summed E-state index contributed by atoms with van der Waals surface area (Å²) < 4.78 is 5.65. The van der Waals surface area contributed by atoms with E-state index in [2.05, 4.69) is 40.7 Å². The number of rotatable bonds is 3. The van der Waals surface area contributed by atoms with Gasteiger partial charge in [0.1, 0.15) is 5.75 Å². The molecule has 1 N–H and O–H groups in total. The molecule has 0 aromatic heterocycles. The second-order valence-corrected chi connectivity index (χ2v) is 6.34. The Morgan fingerprint density at radius 1 is 1.22 bits per heavy atom. The molecule has 100 valence electrons. The van der Waals surface area contributed by atoms with E-state index in [0.29, 0.717) is 0 Å². The molecule has 1 unspecified atom stereocenters. The Morgan fingerprint density at radius 3 is 2.17 bits per heavy atom. The molecule has 0 radical (unpaired) electrons. The van der Waals surface area contributed by atoms with Gasteiger partial charge in [-0.2, -0.15) is 0 Å². The van der Waals surface area contributed by atoms with Crippen molar-refractivity contribution in [1.82, 2.24) is 0 Å². The predicted molar refractivity (Wildman–Crippen MR) is 74.4 cm³/mol. The van der Waals surface area contributed by atoms with Gasteiger partial charge < -0.3 is 9.84 Å². The summed E-state index contributed by atoms with van der Waals surface area (Å²) in [6.45, 7) is 11.0. The third-order valence-electron chi connectivity index (χ3n) is 4.85. The number of aliphatic hydroxyl groups excluding tert-OH is 1. The fourth-order valence-electron chi connectivity index (χ4n) is 3.39. The Morgan fingerprint density at radius 2 is 1.78 bits per heavy atom. The summed E-state index contributed by atoms with van der Waals surface area (Å²) in [5, 5.41) is 9.89. The third-order valence-corrected chi connectivity index (χ3v) is 4.85. The van der Waals surface area contributed by atoms with Gasteiger partial charge in [-0.25, -0.2) is 0 Å². The molecule has 1 aliphatic carbocycles. The van der Waals surface area contributed by atoms with Crippen LogP contribution in [-0.4, -0.2) is 18.8 Å². The van der Waals surface area contributed by atoms with Gasteiger partial charge >= 0.3 is 0 Å². The molecule has 1 aromatic carbocycles. The van der Waals surface area contributed by atoms with Crippen molar-refractivity contribution in [2.45, 2.75) is 46.5 Å². The van der Waals surface area contributed by atoms with E-state index in [0.717, 1.165) is 12.2 Å². The van der Waals surface area contributed by atoms with Crippen LogP contribution in [0, 0.1) is 26.2 Å². The van der Waals surface area contributed by atoms with Crippen LogP contribution in [0.15, 0.2) is 6.07 Å². The van der Waals surface area contributed by atoms with Crippen molar-refractivity contribution in [1.29, 1.82) is 0 Å². The lowest BCUT2D eigenvalue weighted by molar-refractivity contribution is 0.227. The second kappa shape index (κ2) is 3.99. The van der Waals surface area contributed by atoms with Crippen LogP contribution >= 0.6 is 0 Å². The Hall–Kier alpha value is -1.02. The first-order chi connectivity index (χ1) is 8.30. The Bertz CT molecular complexity index is 488. The van der Waals surface area contributed by atoms with E-state index in [1.54, 1.807) is 7.11 Å². The van der Waals surface area contributed by atoms with Gasteiger partial charge in [0.25, 0.3) is 0 Å². The summed E-state index contributed by atoms with van der Waals surface area (Å²) in [5.41, 5.74) is 4.91. The molecule has 0 bridgehead atoms. The van der Waals surface area contributed by atoms with Crippen molar-refractivity contribution in [3.05, 3.63) is 28.3 Å². The molecule has 18 heavy (non-hydrogen) atoms. The van der Waals surface area contributed by atoms with Gasteiger partial charge in [0, 0.05) is 11.0 Å². The average molecular weight is 248 g/mol. The highest BCUT2D eigenvalue weighted by molar-refractivity contribution is 5.57. The van der Waals surface area contributed by atoms with E-state index < -0.39 is 0 Å². The smallest absolute Gasteiger partial charge is 0.126 e. The molecule has 0 spiro atoms. The highest BCUT2D eigenvalue weighted by Gasteiger charge is 2.63. The largest absolute Gasteiger partial charge is 0.496 e. The van der Waals surface area contributed by atoms with Crippen molar-refractivity contribution in [2.24, 2.45) is 5.41 Å². The number of methoxy groups -OCH3 is 1. The van der Waals surface area contributed by atoms with E-state index in [4.69, 9.17) is 4.74 Å². The minimum atomic E-state index is -0.124. The molecule has 1 fully saturated rings. The van der Waals surface area contributed by atoms with Crippen molar-refractivity contribution in [3.63, 3.8) is 0 Å². The molecule has 2 heteroatoms. The van der Waals surface area contributed by atoms with Gasteiger partial charge in [0.05, 0.1) is 13.7 Å². The maximum absolute atomic E-state index is 9.89. The van der Waals surface area contributed by atoms with Crippen LogP contribution in [0.1, 0.15) is 42.5 Å². The zero-order valence-electron chi connectivity index (χ0n) is 12.3. The second-order valence-electron chi connectivity index (χ2n) is 6.34. The number of ether oxygens (including phenoxy) is 1. The Labute approximate surface area is 110 Å². The predicted octanol–water partition coefficient (Wildman–Crippen LogP) is 3.28. The minimum Gasteiger partial charge on any atom is -0.496 e. The number of aliphatic hydroxyl groups is 1. The van der Waals surface area contributed by atoms with Crippen molar-refractivity contribution in [2.75, 3.05) is 13.7 Å². The molecule has 1 atom stereocenters. The van der Waals surface area contributed by atoms with E-state index in [1.807, 2.05) is 0 Å². The normalized spacial score (nSPS) is 25.1. The van der Waals surface area contributed by atoms with E-state index in [1.165, 1.54) is 22.3 Å². The molecule has 1 saturated carbocycles. The maximum Gasteiger partial charge on any atom is 0.126 e. The number of aryl methyl sites for hydroxylation is 2. The van der Waals surface area contributed by atoms with Crippen LogP contribution in [0.5, 0.6) is 5.75 Å². The van der Waals surface area contributed by atoms with Crippen LogP contribution in [0.4, 0.5) is 0 Å². The van der Waals surface area contributed by atoms with Crippen molar-refractivity contribution < 1.29 is 9.84 Å². The van der Waals surface area contributed by atoms with Crippen molar-refractivity contribution in [3.8, 4) is 5.75 Å². The third kappa shape index (κ3) is 1.58. The first-order valence-corrected chi connectivity index (χ1v) is 6.57. The fraction of sp³-hybridized carbons (Fsp3) is 0.625. The zero-order chi connectivity index (χ0) is 13.7. The SMILES string of the molecule is COc1c(C)c(C)cc(C)c1C1(CO)CC1(C)C. The van der Waals surface area contributed by atoms with Crippen LogP contribution in [0.25, 0.3) is 0 Å². The molecule has 2 rings (SSSR count). The summed E-state index contributed by atoms with van der Waals surface area (Å²) in [5.74, 6) is 0.965. The molecular weight excluding hydrogens is 224 g/mol. The lowest BCUT2D eigenvalue weighted by Crippen LogP contribution is -2.22. The molecule has 1 aliphatic rings. The summed E-state index contributed by atoms with van der Waals surface area (Å²) >= 11 is 0. The van der Waals surface area contributed by atoms with E-state index in [-0.39, 0.29) is 17.4 Å². The van der Waals surface area contributed by atoms with Crippen LogP contribution in [0.2, 0.25) is 0 Å². The van der Waals surface area contributed by atoms with Gasteiger partial charge in [-0.1, -0.05) is 19.9 Å². The molecule has 0 amide bonds. The molecule has 1 aromatic rings. The van der Waals surface area contributed by atoms with Gasteiger partial charge in [-0.3, -0.25) is 0 Å². The van der Waals surface area contributed by atoms with Crippen LogP contribution < -0.4 is 4.74 Å². The highest BCUT2D eigenvalue weighted by Crippen LogP contribution is 2.66. The van der Waals surface area contributed by atoms with Gasteiger partial charge in [-0.05, 0) is 49.3 Å². The average Bonchev–Trinajstić information content (AvgIpc) is 2.86. The Balaban J connectivity index is 2.69. The molecule has 2 nitrogen and oxygen atoms in total. The lowest BCUT2D eigenvalue weighted by atomic mass is 9.83. The monoisotopic (exact) mass is 248 g/mol. The van der Waals surface area contributed by atoms with Gasteiger partial charge in [-0.15, -0.1) is 0 Å². The van der Waals surface area contributed by atoms with E-state index in [9.17, 15) is 5.11 Å². The van der Waals surface area contributed by atoms with Gasteiger partial charge in [0.2, 0.25) is 0 Å². The van der Waals surface area contributed by atoms with Crippen LogP contribution in [0.3, 0.4) is 0 Å². The Kier molecular flexibility index (Phi) is 2.97. The fourth-order valence-corrected chi connectivity index (χ4v) is 3.39.